The Labute approximate surface area is 203 Å². The van der Waals surface area contributed by atoms with Crippen LogP contribution in [0.4, 0.5) is 4.39 Å². The number of aliphatic carboxylic acids is 1. The van der Waals surface area contributed by atoms with Gasteiger partial charge in [0.15, 0.2) is 0 Å². The molecule has 0 aliphatic carbocycles. The summed E-state index contributed by atoms with van der Waals surface area (Å²) < 4.78 is 27.9. The van der Waals surface area contributed by atoms with E-state index in [0.717, 1.165) is 5.52 Å². The molecular weight excluding hydrogens is 463 g/mol. The van der Waals surface area contributed by atoms with Crippen LogP contribution >= 0.6 is 11.6 Å². The number of nitrogens with zero attached hydrogens (tertiary/aromatic N) is 1. The third-order valence-electron chi connectivity index (χ3n) is 6.89. The highest BCUT2D eigenvalue weighted by Crippen LogP contribution is 2.36. The molecule has 1 aromatic heterocycles. The number of aryl methyl sites for hydroxylation is 1. The van der Waals surface area contributed by atoms with Crippen LogP contribution in [0, 0.1) is 5.41 Å². The molecule has 2 aromatic rings. The van der Waals surface area contributed by atoms with Gasteiger partial charge in [0.1, 0.15) is 17.3 Å². The number of ether oxygens (including phenoxy) is 2. The van der Waals surface area contributed by atoms with E-state index in [1.54, 1.807) is 37.6 Å². The van der Waals surface area contributed by atoms with Gasteiger partial charge >= 0.3 is 5.97 Å². The predicted molar refractivity (Wildman–Crippen MR) is 129 cm³/mol. The molecule has 184 valence electrons. The van der Waals surface area contributed by atoms with Gasteiger partial charge in [-0.3, -0.25) is 9.59 Å². The van der Waals surface area contributed by atoms with E-state index >= 15 is 4.39 Å². The third kappa shape index (κ3) is 4.44. The van der Waals surface area contributed by atoms with Gasteiger partial charge in [-0.05, 0) is 57.5 Å². The Hall–Kier alpha value is -2.84. The van der Waals surface area contributed by atoms with Crippen molar-refractivity contribution >= 4 is 34.4 Å². The van der Waals surface area contributed by atoms with Gasteiger partial charge < -0.3 is 24.5 Å². The van der Waals surface area contributed by atoms with E-state index in [9.17, 15) is 14.7 Å². The van der Waals surface area contributed by atoms with Gasteiger partial charge in [-0.15, -0.1) is 0 Å². The SMILES string of the molecule is COc1ccc2c(cc(C(=O)NC3(/C(C)=C(F)/C=C(\C)C(C)(C)C(=O)O)CCOC3)n2C)c1Cl. The fourth-order valence-corrected chi connectivity index (χ4v) is 4.23. The molecule has 1 unspecified atom stereocenters. The zero-order valence-electron chi connectivity index (χ0n) is 20.2. The van der Waals surface area contributed by atoms with Crippen LogP contribution in [0.15, 0.2) is 41.2 Å². The van der Waals surface area contributed by atoms with Gasteiger partial charge in [0.05, 0.1) is 35.2 Å². The molecule has 3 rings (SSSR count). The monoisotopic (exact) mass is 492 g/mol. The van der Waals surface area contributed by atoms with Crippen molar-refractivity contribution in [1.29, 1.82) is 0 Å². The van der Waals surface area contributed by atoms with E-state index in [4.69, 9.17) is 21.1 Å². The molecule has 0 radical (unpaired) electrons. The molecule has 1 aliphatic heterocycles. The lowest BCUT2D eigenvalue weighted by molar-refractivity contribution is -0.144. The van der Waals surface area contributed by atoms with Crippen molar-refractivity contribution < 1.29 is 28.6 Å². The standard InChI is InChI=1S/C25H30ClFN2O5/c1-14(24(3,4)23(31)32)11-17(27)15(2)25(9-10-34-13-25)28-22(30)19-12-16-18(29(19)5)7-8-20(33-6)21(16)26/h7-8,11-12H,9-10,13H2,1-6H3,(H,28,30)(H,31,32)/b14-11+,17-15-. The molecule has 1 aliphatic rings. The summed E-state index contributed by atoms with van der Waals surface area (Å²) in [4.78, 5) is 24.9. The van der Waals surface area contributed by atoms with Crippen LogP contribution in [0.3, 0.4) is 0 Å². The van der Waals surface area contributed by atoms with Gasteiger partial charge in [0.25, 0.3) is 5.91 Å². The lowest BCUT2D eigenvalue weighted by Gasteiger charge is -2.30. The second kappa shape index (κ2) is 9.43. The van der Waals surface area contributed by atoms with Gasteiger partial charge in [0, 0.05) is 25.5 Å². The molecule has 7 nitrogen and oxygen atoms in total. The molecule has 1 atom stereocenters. The van der Waals surface area contributed by atoms with Gasteiger partial charge in [-0.25, -0.2) is 4.39 Å². The first-order valence-electron chi connectivity index (χ1n) is 10.9. The van der Waals surface area contributed by atoms with Crippen LogP contribution in [0.5, 0.6) is 5.75 Å². The second-order valence-electron chi connectivity index (χ2n) is 9.17. The highest BCUT2D eigenvalue weighted by Gasteiger charge is 2.41. The van der Waals surface area contributed by atoms with Gasteiger partial charge in [-0.1, -0.05) is 17.2 Å². The maximum absolute atomic E-state index is 15.3. The van der Waals surface area contributed by atoms with Crippen LogP contribution in [0.2, 0.25) is 5.02 Å². The zero-order chi connectivity index (χ0) is 25.4. The van der Waals surface area contributed by atoms with Crippen molar-refractivity contribution in [3.8, 4) is 5.75 Å². The van der Waals surface area contributed by atoms with Crippen LogP contribution in [-0.4, -0.2) is 47.4 Å². The van der Waals surface area contributed by atoms with Gasteiger partial charge in [0.2, 0.25) is 0 Å². The number of carboxylic acids is 1. The Bertz CT molecular complexity index is 1210. The Morgan fingerprint density at radius 2 is 2.03 bits per heavy atom. The lowest BCUT2D eigenvalue weighted by atomic mass is 9.83. The third-order valence-corrected chi connectivity index (χ3v) is 7.28. The largest absolute Gasteiger partial charge is 0.495 e. The molecule has 0 spiro atoms. The van der Waals surface area contributed by atoms with Crippen molar-refractivity contribution in [2.24, 2.45) is 12.5 Å². The quantitative estimate of drug-likeness (QED) is 0.529. The molecule has 1 saturated heterocycles. The van der Waals surface area contributed by atoms with E-state index in [-0.39, 0.29) is 12.2 Å². The predicted octanol–water partition coefficient (Wildman–Crippen LogP) is 5.03. The van der Waals surface area contributed by atoms with Crippen LogP contribution in [0.25, 0.3) is 10.9 Å². The summed E-state index contributed by atoms with van der Waals surface area (Å²) in [7, 11) is 3.27. The lowest BCUT2D eigenvalue weighted by Crippen LogP contribution is -2.50. The molecule has 34 heavy (non-hydrogen) atoms. The summed E-state index contributed by atoms with van der Waals surface area (Å²) in [5.41, 5.74) is -0.566. The molecule has 1 aromatic carbocycles. The van der Waals surface area contributed by atoms with Crippen LogP contribution in [-0.2, 0) is 16.6 Å². The Kier molecular flexibility index (Phi) is 7.15. The fourth-order valence-electron chi connectivity index (χ4n) is 3.94. The number of rotatable bonds is 7. The number of nitrogens with one attached hydrogen (secondary N) is 1. The Morgan fingerprint density at radius 3 is 2.59 bits per heavy atom. The number of fused-ring (bicyclic) bond motifs is 1. The van der Waals surface area contributed by atoms with E-state index in [0.29, 0.717) is 40.5 Å². The summed E-state index contributed by atoms with van der Waals surface area (Å²) in [6.45, 7) is 6.65. The number of carboxylic acid groups (broad SMARTS) is 1. The maximum atomic E-state index is 15.3. The topological polar surface area (TPSA) is 89.8 Å². The molecular formula is C25H30ClFN2O5. The van der Waals surface area contributed by atoms with E-state index in [1.807, 2.05) is 6.07 Å². The summed E-state index contributed by atoms with van der Waals surface area (Å²) in [6.07, 6.45) is 1.60. The number of benzene rings is 1. The summed E-state index contributed by atoms with van der Waals surface area (Å²) >= 11 is 6.43. The molecule has 0 saturated carbocycles. The summed E-state index contributed by atoms with van der Waals surface area (Å²) in [6, 6.07) is 5.22. The van der Waals surface area contributed by atoms with Crippen molar-refractivity contribution in [1.82, 2.24) is 9.88 Å². The van der Waals surface area contributed by atoms with Crippen LogP contribution in [0.1, 0.15) is 44.6 Å². The molecule has 2 heterocycles. The number of carbonyl (C=O) groups is 2. The number of hydrogen-bond donors (Lipinski definition) is 2. The first-order chi connectivity index (χ1) is 15.9. The smallest absolute Gasteiger partial charge is 0.313 e. The molecule has 9 heteroatoms. The van der Waals surface area contributed by atoms with Crippen molar-refractivity contribution in [3.63, 3.8) is 0 Å². The number of methoxy groups -OCH3 is 1. The Morgan fingerprint density at radius 1 is 1.35 bits per heavy atom. The van der Waals surface area contributed by atoms with Crippen molar-refractivity contribution in [2.75, 3.05) is 20.3 Å². The first-order valence-corrected chi connectivity index (χ1v) is 11.2. The number of halogens is 2. The maximum Gasteiger partial charge on any atom is 0.313 e. The Balaban J connectivity index is 2.00. The van der Waals surface area contributed by atoms with E-state index < -0.39 is 28.7 Å². The molecule has 1 amide bonds. The molecule has 1 fully saturated rings. The number of hydrogen-bond acceptors (Lipinski definition) is 4. The fraction of sp³-hybridized carbons (Fsp3) is 0.440. The van der Waals surface area contributed by atoms with Crippen molar-refractivity contribution in [2.45, 2.75) is 39.7 Å². The average Bonchev–Trinajstić information content (AvgIpc) is 3.39. The van der Waals surface area contributed by atoms with Crippen molar-refractivity contribution in [3.05, 3.63) is 52.0 Å². The second-order valence-corrected chi connectivity index (χ2v) is 9.55. The number of amides is 1. The number of carbonyl (C=O) groups excluding carboxylic acids is 1. The number of allylic oxidation sites excluding steroid dienone is 2. The number of aromatic nitrogens is 1. The normalized spacial score (nSPS) is 19.8. The minimum absolute atomic E-state index is 0.103. The molecule has 0 bridgehead atoms. The minimum Gasteiger partial charge on any atom is -0.495 e. The van der Waals surface area contributed by atoms with E-state index in [2.05, 4.69) is 5.32 Å². The summed E-state index contributed by atoms with van der Waals surface area (Å²) in [5.74, 6) is -1.55. The zero-order valence-corrected chi connectivity index (χ0v) is 21.0. The highest BCUT2D eigenvalue weighted by molar-refractivity contribution is 6.37. The minimum atomic E-state index is -1.23. The first kappa shape index (κ1) is 25.8. The molecule has 2 N–H and O–H groups in total. The van der Waals surface area contributed by atoms with Crippen LogP contribution < -0.4 is 10.1 Å². The average molecular weight is 493 g/mol. The van der Waals surface area contributed by atoms with E-state index in [1.165, 1.54) is 27.0 Å². The summed E-state index contributed by atoms with van der Waals surface area (Å²) in [5, 5.41) is 13.5. The highest BCUT2D eigenvalue weighted by atomic mass is 35.5. The van der Waals surface area contributed by atoms with Gasteiger partial charge in [-0.2, -0.15) is 0 Å².